The second kappa shape index (κ2) is 9.94. The van der Waals surface area contributed by atoms with E-state index in [2.05, 4.69) is 0 Å². The smallest absolute Gasteiger partial charge is 0.338 e. The summed E-state index contributed by atoms with van der Waals surface area (Å²) in [5.74, 6) is 0.138. The number of Topliss-reactive ketones (excluding diaryl/α,β-unsaturated/α-hetero) is 1. The van der Waals surface area contributed by atoms with Gasteiger partial charge in [0.1, 0.15) is 0 Å². The summed E-state index contributed by atoms with van der Waals surface area (Å²) in [7, 11) is 3.16. The Morgan fingerprint density at radius 1 is 1.07 bits per heavy atom. The number of esters is 1. The summed E-state index contributed by atoms with van der Waals surface area (Å²) in [6.45, 7) is 6.96. The molecular formula is C21H27NO6. The van der Waals surface area contributed by atoms with Crippen LogP contribution >= 0.6 is 0 Å². The lowest BCUT2D eigenvalue weighted by atomic mass is 10.1. The lowest BCUT2D eigenvalue weighted by Crippen LogP contribution is -2.15. The second-order valence-corrected chi connectivity index (χ2v) is 6.23. The lowest BCUT2D eigenvalue weighted by Gasteiger charge is -2.11. The maximum absolute atomic E-state index is 12.5. The van der Waals surface area contributed by atoms with Gasteiger partial charge in [0.2, 0.25) is 5.78 Å². The summed E-state index contributed by atoms with van der Waals surface area (Å²) in [5.41, 5.74) is 2.63. The van der Waals surface area contributed by atoms with E-state index in [0.29, 0.717) is 42.4 Å². The van der Waals surface area contributed by atoms with Crippen molar-refractivity contribution >= 4 is 11.8 Å². The van der Waals surface area contributed by atoms with Crippen molar-refractivity contribution in [3.8, 4) is 11.5 Å². The van der Waals surface area contributed by atoms with Crippen LogP contribution in [0.1, 0.15) is 39.0 Å². The summed E-state index contributed by atoms with van der Waals surface area (Å²) in [6.07, 6.45) is 0. The van der Waals surface area contributed by atoms with Crippen LogP contribution in [0.15, 0.2) is 24.3 Å². The van der Waals surface area contributed by atoms with E-state index in [1.807, 2.05) is 31.4 Å². The van der Waals surface area contributed by atoms with Gasteiger partial charge in [0.15, 0.2) is 18.1 Å². The van der Waals surface area contributed by atoms with Gasteiger partial charge in [-0.2, -0.15) is 0 Å². The topological polar surface area (TPSA) is 76.0 Å². The van der Waals surface area contributed by atoms with E-state index in [-0.39, 0.29) is 12.4 Å². The molecule has 0 aliphatic carbocycles. The molecule has 1 aromatic carbocycles. The molecule has 0 aliphatic rings. The summed E-state index contributed by atoms with van der Waals surface area (Å²) in [4.78, 5) is 24.9. The van der Waals surface area contributed by atoms with Crippen LogP contribution in [0.25, 0.3) is 0 Å². The van der Waals surface area contributed by atoms with Gasteiger partial charge in [-0.05, 0) is 45.0 Å². The average molecular weight is 389 g/mol. The van der Waals surface area contributed by atoms with Crippen LogP contribution in [0.4, 0.5) is 0 Å². The van der Waals surface area contributed by atoms with Gasteiger partial charge in [-0.15, -0.1) is 0 Å². The molecule has 152 valence electrons. The molecule has 0 bridgehead atoms. The molecule has 7 nitrogen and oxygen atoms in total. The Morgan fingerprint density at radius 2 is 1.82 bits per heavy atom. The number of benzene rings is 1. The normalized spacial score (nSPS) is 10.6. The van der Waals surface area contributed by atoms with Gasteiger partial charge in [0.25, 0.3) is 0 Å². The Bertz CT molecular complexity index is 840. The molecule has 0 N–H and O–H groups in total. The molecule has 0 spiro atoms. The molecule has 7 heteroatoms. The number of aromatic nitrogens is 1. The molecule has 0 amide bonds. The largest absolute Gasteiger partial charge is 0.493 e. The molecule has 0 unspecified atom stereocenters. The van der Waals surface area contributed by atoms with Crippen molar-refractivity contribution in [1.29, 1.82) is 0 Å². The van der Waals surface area contributed by atoms with Crippen LogP contribution in [-0.2, 0) is 16.0 Å². The first-order chi connectivity index (χ1) is 13.4. The summed E-state index contributed by atoms with van der Waals surface area (Å²) in [5, 5.41) is 0. The quantitative estimate of drug-likeness (QED) is 0.459. The molecular weight excluding hydrogens is 362 g/mol. The van der Waals surface area contributed by atoms with E-state index in [1.54, 1.807) is 25.3 Å². The van der Waals surface area contributed by atoms with Crippen molar-refractivity contribution < 1.29 is 28.5 Å². The highest BCUT2D eigenvalue weighted by atomic mass is 16.5. The average Bonchev–Trinajstić information content (AvgIpc) is 2.98. The summed E-state index contributed by atoms with van der Waals surface area (Å²) < 4.78 is 23.0. The summed E-state index contributed by atoms with van der Waals surface area (Å²) >= 11 is 0. The highest BCUT2D eigenvalue weighted by molar-refractivity contribution is 6.00. The van der Waals surface area contributed by atoms with Crippen LogP contribution in [-0.4, -0.2) is 50.4 Å². The van der Waals surface area contributed by atoms with E-state index in [0.717, 1.165) is 11.4 Å². The number of aryl methyl sites for hydroxylation is 1. The van der Waals surface area contributed by atoms with Crippen LogP contribution in [0, 0.1) is 13.8 Å². The third-order valence-electron chi connectivity index (χ3n) is 4.43. The molecule has 0 radical (unpaired) electrons. The van der Waals surface area contributed by atoms with E-state index in [4.69, 9.17) is 18.9 Å². The van der Waals surface area contributed by atoms with Crippen molar-refractivity contribution in [3.63, 3.8) is 0 Å². The predicted molar refractivity (Wildman–Crippen MR) is 105 cm³/mol. The number of ether oxygens (including phenoxy) is 4. The molecule has 0 aliphatic heterocycles. The molecule has 0 atom stereocenters. The minimum absolute atomic E-state index is 0.247. The zero-order valence-corrected chi connectivity index (χ0v) is 17.0. The second-order valence-electron chi connectivity index (χ2n) is 6.23. The first-order valence-corrected chi connectivity index (χ1v) is 9.09. The summed E-state index contributed by atoms with van der Waals surface area (Å²) in [6, 6.07) is 6.56. The van der Waals surface area contributed by atoms with Gasteiger partial charge in [-0.1, -0.05) is 0 Å². The first-order valence-electron chi connectivity index (χ1n) is 9.09. The monoisotopic (exact) mass is 389 g/mol. The fourth-order valence-corrected chi connectivity index (χ4v) is 2.97. The zero-order valence-electron chi connectivity index (χ0n) is 17.0. The van der Waals surface area contributed by atoms with Gasteiger partial charge in [0, 0.05) is 30.6 Å². The number of carbonyl (C=O) groups excluding carboxylic acids is 2. The fraction of sp³-hybridized carbons (Fsp3) is 0.429. The fourth-order valence-electron chi connectivity index (χ4n) is 2.97. The lowest BCUT2D eigenvalue weighted by molar-refractivity contribution is 0.0474. The van der Waals surface area contributed by atoms with Crippen LogP contribution < -0.4 is 9.47 Å². The molecule has 0 saturated heterocycles. The Hall–Kier alpha value is -2.80. The van der Waals surface area contributed by atoms with Crippen LogP contribution in [0.5, 0.6) is 11.5 Å². The number of rotatable bonds is 10. The molecule has 0 fully saturated rings. The van der Waals surface area contributed by atoms with Crippen molar-refractivity contribution in [2.24, 2.45) is 0 Å². The third kappa shape index (κ3) is 4.92. The zero-order chi connectivity index (χ0) is 20.7. The minimum Gasteiger partial charge on any atom is -0.493 e. The van der Waals surface area contributed by atoms with E-state index >= 15 is 0 Å². The van der Waals surface area contributed by atoms with Crippen LogP contribution in [0.3, 0.4) is 0 Å². The molecule has 28 heavy (non-hydrogen) atoms. The number of carbonyl (C=O) groups is 2. The van der Waals surface area contributed by atoms with E-state index < -0.39 is 5.97 Å². The van der Waals surface area contributed by atoms with Gasteiger partial charge in [-0.3, -0.25) is 4.79 Å². The number of methoxy groups -OCH3 is 2. The SMILES string of the molecule is CCOc1cc(C(=O)OCC(=O)c2cc(C)n(CCOC)c2C)ccc1OC. The Balaban J connectivity index is 2.07. The Kier molecular flexibility index (Phi) is 7.63. The van der Waals surface area contributed by atoms with Crippen molar-refractivity contribution in [1.82, 2.24) is 4.57 Å². The predicted octanol–water partition coefficient (Wildman–Crippen LogP) is 3.20. The Morgan fingerprint density at radius 3 is 2.46 bits per heavy atom. The number of hydrogen-bond acceptors (Lipinski definition) is 6. The van der Waals surface area contributed by atoms with Crippen molar-refractivity contribution in [2.75, 3.05) is 34.0 Å². The molecule has 1 aromatic heterocycles. The molecule has 0 saturated carbocycles. The number of ketones is 1. The highest BCUT2D eigenvalue weighted by Crippen LogP contribution is 2.28. The van der Waals surface area contributed by atoms with Gasteiger partial charge < -0.3 is 23.5 Å². The van der Waals surface area contributed by atoms with E-state index in [9.17, 15) is 9.59 Å². The van der Waals surface area contributed by atoms with E-state index in [1.165, 1.54) is 7.11 Å². The number of hydrogen-bond donors (Lipinski definition) is 0. The molecule has 1 heterocycles. The Labute approximate surface area is 165 Å². The van der Waals surface area contributed by atoms with Gasteiger partial charge >= 0.3 is 5.97 Å². The van der Waals surface area contributed by atoms with Gasteiger partial charge in [0.05, 0.1) is 25.9 Å². The maximum Gasteiger partial charge on any atom is 0.338 e. The molecule has 2 rings (SSSR count). The third-order valence-corrected chi connectivity index (χ3v) is 4.43. The first kappa shape index (κ1) is 21.5. The van der Waals surface area contributed by atoms with Crippen molar-refractivity contribution in [3.05, 3.63) is 46.8 Å². The van der Waals surface area contributed by atoms with Gasteiger partial charge in [-0.25, -0.2) is 4.79 Å². The highest BCUT2D eigenvalue weighted by Gasteiger charge is 2.18. The standard InChI is InChI=1S/C21H27NO6/c1-6-27-20-12-16(7-8-19(20)26-5)21(24)28-13-18(23)17-11-14(2)22(15(17)3)9-10-25-4/h7-8,11-12H,6,9-10,13H2,1-5H3. The van der Waals surface area contributed by atoms with Crippen LogP contribution in [0.2, 0.25) is 0 Å². The van der Waals surface area contributed by atoms with Crippen molar-refractivity contribution in [2.45, 2.75) is 27.3 Å². The number of nitrogens with zero attached hydrogens (tertiary/aromatic N) is 1. The molecule has 2 aromatic rings. The maximum atomic E-state index is 12.5. The minimum atomic E-state index is -0.592.